The van der Waals surface area contributed by atoms with Crippen LogP contribution in [0.25, 0.3) is 0 Å². The minimum absolute atomic E-state index is 0.0178. The number of halogens is 3. The van der Waals surface area contributed by atoms with Crippen molar-refractivity contribution in [2.45, 2.75) is 38.1 Å². The highest BCUT2D eigenvalue weighted by molar-refractivity contribution is 5.23. The van der Waals surface area contributed by atoms with Gasteiger partial charge in [0, 0.05) is 19.3 Å². The van der Waals surface area contributed by atoms with Crippen molar-refractivity contribution in [2.24, 2.45) is 0 Å². The number of aliphatic hydroxyl groups is 1. The van der Waals surface area contributed by atoms with E-state index in [2.05, 4.69) is 10.3 Å². The van der Waals surface area contributed by atoms with E-state index in [1.807, 2.05) is 30.3 Å². The number of benzene rings is 1. The highest BCUT2D eigenvalue weighted by Crippen LogP contribution is 2.31. The van der Waals surface area contributed by atoms with Crippen LogP contribution >= 0.6 is 0 Å². The number of aromatic nitrogens is 1. The number of hydrogen-bond acceptors (Lipinski definition) is 3. The number of alkyl halides is 3. The molecule has 1 aromatic carbocycles. The van der Waals surface area contributed by atoms with E-state index in [9.17, 15) is 18.3 Å². The van der Waals surface area contributed by atoms with Gasteiger partial charge < -0.3 is 10.4 Å². The lowest BCUT2D eigenvalue weighted by molar-refractivity contribution is -0.138. The van der Waals surface area contributed by atoms with Crippen LogP contribution in [0.4, 0.5) is 13.2 Å². The van der Waals surface area contributed by atoms with Gasteiger partial charge in [0.2, 0.25) is 0 Å². The SMILES string of the molecule is CC(O)CC(CNCc1ncccc1C(F)(F)F)c1ccccc1. The summed E-state index contributed by atoms with van der Waals surface area (Å²) in [5.41, 5.74) is 0.307. The van der Waals surface area contributed by atoms with Crippen molar-refractivity contribution in [1.29, 1.82) is 0 Å². The Bertz CT molecular complexity index is 630. The number of hydrogen-bond donors (Lipinski definition) is 2. The lowest BCUT2D eigenvalue weighted by atomic mass is 9.93. The van der Waals surface area contributed by atoms with Gasteiger partial charge in [-0.2, -0.15) is 13.2 Å². The summed E-state index contributed by atoms with van der Waals surface area (Å²) in [4.78, 5) is 3.84. The summed E-state index contributed by atoms with van der Waals surface area (Å²) in [5.74, 6) is 0.0178. The molecule has 3 nitrogen and oxygen atoms in total. The van der Waals surface area contributed by atoms with Crippen LogP contribution in [-0.2, 0) is 12.7 Å². The number of rotatable bonds is 7. The van der Waals surface area contributed by atoms with Gasteiger partial charge in [0.1, 0.15) is 0 Å². The second kappa shape index (κ2) is 8.26. The van der Waals surface area contributed by atoms with E-state index in [-0.39, 0.29) is 18.2 Å². The molecule has 0 saturated heterocycles. The maximum atomic E-state index is 13.0. The molecule has 0 saturated carbocycles. The topological polar surface area (TPSA) is 45.1 Å². The molecule has 1 aromatic heterocycles. The first-order chi connectivity index (χ1) is 11.4. The summed E-state index contributed by atoms with van der Waals surface area (Å²) >= 11 is 0. The molecule has 2 aromatic rings. The van der Waals surface area contributed by atoms with E-state index < -0.39 is 17.8 Å². The Balaban J connectivity index is 2.03. The summed E-state index contributed by atoms with van der Waals surface area (Å²) in [5, 5.41) is 12.7. The molecule has 0 aliphatic rings. The first-order valence-electron chi connectivity index (χ1n) is 7.82. The fraction of sp³-hybridized carbons (Fsp3) is 0.389. The van der Waals surface area contributed by atoms with E-state index in [1.165, 1.54) is 12.3 Å². The van der Waals surface area contributed by atoms with Crippen LogP contribution in [0, 0.1) is 0 Å². The molecule has 0 bridgehead atoms. The third kappa shape index (κ3) is 5.32. The van der Waals surface area contributed by atoms with Crippen LogP contribution in [0.1, 0.15) is 36.1 Å². The standard InChI is InChI=1S/C18H21F3N2O/c1-13(24)10-15(14-6-3-2-4-7-14)11-22-12-17-16(18(19,20)21)8-5-9-23-17/h2-9,13,15,22,24H,10-12H2,1H3. The lowest BCUT2D eigenvalue weighted by Gasteiger charge is -2.20. The Morgan fingerprint density at radius 2 is 1.83 bits per heavy atom. The minimum atomic E-state index is -4.41. The summed E-state index contributed by atoms with van der Waals surface area (Å²) in [6.45, 7) is 2.19. The van der Waals surface area contributed by atoms with Gasteiger partial charge in [-0.1, -0.05) is 30.3 Å². The Kier molecular flexibility index (Phi) is 6.34. The van der Waals surface area contributed by atoms with Crippen molar-refractivity contribution in [2.75, 3.05) is 6.54 Å². The van der Waals surface area contributed by atoms with Gasteiger partial charge in [0.25, 0.3) is 0 Å². The van der Waals surface area contributed by atoms with Gasteiger partial charge in [0.15, 0.2) is 0 Å². The van der Waals surface area contributed by atoms with Crippen molar-refractivity contribution in [1.82, 2.24) is 10.3 Å². The molecular formula is C18H21F3N2O. The fourth-order valence-electron chi connectivity index (χ4n) is 2.68. The average molecular weight is 338 g/mol. The Labute approximate surface area is 139 Å². The quantitative estimate of drug-likeness (QED) is 0.808. The highest BCUT2D eigenvalue weighted by atomic mass is 19.4. The van der Waals surface area contributed by atoms with Gasteiger partial charge in [-0.25, -0.2) is 0 Å². The fourth-order valence-corrected chi connectivity index (χ4v) is 2.68. The maximum absolute atomic E-state index is 13.0. The number of nitrogens with zero attached hydrogens (tertiary/aromatic N) is 1. The zero-order valence-corrected chi connectivity index (χ0v) is 13.4. The summed E-state index contributed by atoms with van der Waals surface area (Å²) < 4.78 is 38.9. The van der Waals surface area contributed by atoms with Gasteiger partial charge in [-0.05, 0) is 37.0 Å². The molecule has 2 atom stereocenters. The molecule has 2 N–H and O–H groups in total. The molecule has 1 heterocycles. The number of aliphatic hydroxyl groups excluding tert-OH is 1. The largest absolute Gasteiger partial charge is 0.418 e. The second-order valence-corrected chi connectivity index (χ2v) is 5.82. The van der Waals surface area contributed by atoms with Crippen LogP contribution in [0.2, 0.25) is 0 Å². The third-order valence-corrected chi connectivity index (χ3v) is 3.78. The molecular weight excluding hydrogens is 317 g/mol. The molecule has 0 radical (unpaired) electrons. The summed E-state index contributed by atoms with van der Waals surface area (Å²) in [6.07, 6.45) is -3.01. The monoisotopic (exact) mass is 338 g/mol. The van der Waals surface area contributed by atoms with Crippen LogP contribution in [0.5, 0.6) is 0 Å². The van der Waals surface area contributed by atoms with E-state index in [0.717, 1.165) is 11.6 Å². The summed E-state index contributed by atoms with van der Waals surface area (Å²) in [6, 6.07) is 11.9. The highest BCUT2D eigenvalue weighted by Gasteiger charge is 2.33. The molecule has 0 fully saturated rings. The third-order valence-electron chi connectivity index (χ3n) is 3.78. The van der Waals surface area contributed by atoms with Crippen molar-refractivity contribution in [3.63, 3.8) is 0 Å². The zero-order chi connectivity index (χ0) is 17.6. The first-order valence-corrected chi connectivity index (χ1v) is 7.82. The van der Waals surface area contributed by atoms with Gasteiger partial charge >= 0.3 is 6.18 Å². The van der Waals surface area contributed by atoms with Crippen molar-refractivity contribution in [3.05, 3.63) is 65.5 Å². The predicted molar refractivity (Wildman–Crippen MR) is 86.4 cm³/mol. The molecule has 130 valence electrons. The molecule has 6 heteroatoms. The van der Waals surface area contributed by atoms with E-state index in [4.69, 9.17) is 0 Å². The van der Waals surface area contributed by atoms with Crippen molar-refractivity contribution >= 4 is 0 Å². The van der Waals surface area contributed by atoms with Crippen molar-refractivity contribution < 1.29 is 18.3 Å². The normalized spacial score (nSPS) is 14.4. The van der Waals surface area contributed by atoms with Gasteiger partial charge in [0.05, 0.1) is 17.4 Å². The molecule has 0 amide bonds. The number of pyridine rings is 1. The van der Waals surface area contributed by atoms with Gasteiger partial charge in [-0.3, -0.25) is 4.98 Å². The molecule has 24 heavy (non-hydrogen) atoms. The smallest absolute Gasteiger partial charge is 0.393 e. The Hall–Kier alpha value is -1.92. The van der Waals surface area contributed by atoms with Crippen LogP contribution < -0.4 is 5.32 Å². The molecule has 0 spiro atoms. The maximum Gasteiger partial charge on any atom is 0.418 e. The van der Waals surface area contributed by atoms with E-state index >= 15 is 0 Å². The number of nitrogens with one attached hydrogen (secondary N) is 1. The van der Waals surface area contributed by atoms with Crippen LogP contribution in [0.15, 0.2) is 48.7 Å². The van der Waals surface area contributed by atoms with Crippen LogP contribution in [0.3, 0.4) is 0 Å². The lowest BCUT2D eigenvalue weighted by Crippen LogP contribution is -2.25. The Morgan fingerprint density at radius 1 is 1.12 bits per heavy atom. The minimum Gasteiger partial charge on any atom is -0.393 e. The second-order valence-electron chi connectivity index (χ2n) is 5.82. The first kappa shape index (κ1) is 18.4. The van der Waals surface area contributed by atoms with Gasteiger partial charge in [-0.15, -0.1) is 0 Å². The summed E-state index contributed by atoms with van der Waals surface area (Å²) in [7, 11) is 0. The Morgan fingerprint density at radius 3 is 2.46 bits per heavy atom. The zero-order valence-electron chi connectivity index (χ0n) is 13.4. The molecule has 2 unspecified atom stereocenters. The predicted octanol–water partition coefficient (Wildman–Crippen LogP) is 3.74. The van der Waals surface area contributed by atoms with Crippen molar-refractivity contribution in [3.8, 4) is 0 Å². The average Bonchev–Trinajstić information content (AvgIpc) is 2.54. The van der Waals surface area contributed by atoms with E-state index in [0.29, 0.717) is 13.0 Å². The molecule has 0 aliphatic carbocycles. The molecule has 0 aliphatic heterocycles. The van der Waals surface area contributed by atoms with Crippen LogP contribution in [-0.4, -0.2) is 22.7 Å². The molecule has 2 rings (SSSR count). The van der Waals surface area contributed by atoms with E-state index in [1.54, 1.807) is 6.92 Å².